The molecule has 0 amide bonds. The standard InChI is InChI=1S/C22H18BrClO3/c1-14-10-20(11-15(2)22(14)24)26-13-19-7-6-18(27-19)8-9-21(25)16-4-3-5-17(23)12-16/h3-12H,13H2,1-2H3/b9-8+. The van der Waals surface area contributed by atoms with Crippen LogP contribution in [-0.4, -0.2) is 5.78 Å². The number of rotatable bonds is 6. The minimum atomic E-state index is -0.0855. The molecule has 1 aromatic heterocycles. The van der Waals surface area contributed by atoms with Gasteiger partial charge in [0.25, 0.3) is 0 Å². The Labute approximate surface area is 171 Å². The van der Waals surface area contributed by atoms with Crippen molar-refractivity contribution in [3.63, 3.8) is 0 Å². The Balaban J connectivity index is 1.62. The Bertz CT molecular complexity index is 981. The molecule has 0 saturated heterocycles. The van der Waals surface area contributed by atoms with E-state index >= 15 is 0 Å². The fourth-order valence-corrected chi connectivity index (χ4v) is 3.11. The Hall–Kier alpha value is -2.30. The number of ketones is 1. The summed E-state index contributed by atoms with van der Waals surface area (Å²) >= 11 is 9.53. The lowest BCUT2D eigenvalue weighted by atomic mass is 10.1. The summed E-state index contributed by atoms with van der Waals surface area (Å²) in [7, 11) is 0. The highest BCUT2D eigenvalue weighted by atomic mass is 79.9. The van der Waals surface area contributed by atoms with Crippen molar-refractivity contribution in [2.45, 2.75) is 20.5 Å². The topological polar surface area (TPSA) is 39.4 Å². The summed E-state index contributed by atoms with van der Waals surface area (Å²) in [6.45, 7) is 4.19. The van der Waals surface area contributed by atoms with Crippen molar-refractivity contribution in [1.82, 2.24) is 0 Å². The molecular formula is C22H18BrClO3. The third-order valence-corrected chi connectivity index (χ3v) is 5.07. The van der Waals surface area contributed by atoms with E-state index in [2.05, 4.69) is 15.9 Å². The molecule has 0 spiro atoms. The average Bonchev–Trinajstić information content (AvgIpc) is 3.10. The highest BCUT2D eigenvalue weighted by molar-refractivity contribution is 9.10. The number of ether oxygens (including phenoxy) is 1. The molecule has 0 aliphatic carbocycles. The lowest BCUT2D eigenvalue weighted by molar-refractivity contribution is 0.104. The maximum atomic E-state index is 12.2. The molecule has 0 aliphatic rings. The zero-order chi connectivity index (χ0) is 19.4. The highest BCUT2D eigenvalue weighted by Gasteiger charge is 2.06. The molecule has 3 rings (SSSR count). The first-order valence-corrected chi connectivity index (χ1v) is 9.56. The molecule has 3 aromatic rings. The van der Waals surface area contributed by atoms with Crippen molar-refractivity contribution >= 4 is 39.4 Å². The van der Waals surface area contributed by atoms with Gasteiger partial charge in [0.15, 0.2) is 5.78 Å². The van der Waals surface area contributed by atoms with Gasteiger partial charge in [-0.05, 0) is 73.5 Å². The van der Waals surface area contributed by atoms with Crippen LogP contribution in [0.15, 0.2) is 63.5 Å². The van der Waals surface area contributed by atoms with Gasteiger partial charge in [0.2, 0.25) is 0 Å². The van der Waals surface area contributed by atoms with Gasteiger partial charge in [0, 0.05) is 15.1 Å². The number of halogens is 2. The smallest absolute Gasteiger partial charge is 0.186 e. The fourth-order valence-electron chi connectivity index (χ4n) is 2.60. The molecule has 0 aliphatic heterocycles. The average molecular weight is 446 g/mol. The molecule has 0 saturated carbocycles. The number of furan rings is 1. The summed E-state index contributed by atoms with van der Waals surface area (Å²) in [5.74, 6) is 1.93. The molecule has 138 valence electrons. The number of allylic oxidation sites excluding steroid dienone is 1. The molecule has 0 unspecified atom stereocenters. The van der Waals surface area contributed by atoms with Crippen molar-refractivity contribution in [2.75, 3.05) is 0 Å². The van der Waals surface area contributed by atoms with E-state index in [-0.39, 0.29) is 5.78 Å². The van der Waals surface area contributed by atoms with Crippen LogP contribution in [0, 0.1) is 13.8 Å². The molecule has 27 heavy (non-hydrogen) atoms. The van der Waals surface area contributed by atoms with Gasteiger partial charge in [0.05, 0.1) is 0 Å². The van der Waals surface area contributed by atoms with Crippen LogP contribution in [0.1, 0.15) is 33.0 Å². The van der Waals surface area contributed by atoms with E-state index in [0.717, 1.165) is 26.4 Å². The molecule has 0 bridgehead atoms. The van der Waals surface area contributed by atoms with E-state index in [9.17, 15) is 4.79 Å². The largest absolute Gasteiger partial charge is 0.486 e. The zero-order valence-corrected chi connectivity index (χ0v) is 17.3. The van der Waals surface area contributed by atoms with E-state index < -0.39 is 0 Å². The number of carbonyl (C=O) groups excluding carboxylic acids is 1. The van der Waals surface area contributed by atoms with Crippen molar-refractivity contribution in [3.05, 3.63) is 92.3 Å². The molecular weight excluding hydrogens is 428 g/mol. The summed E-state index contributed by atoms with van der Waals surface area (Å²) in [5, 5.41) is 0.753. The number of aryl methyl sites for hydroxylation is 2. The molecule has 5 heteroatoms. The summed E-state index contributed by atoms with van der Waals surface area (Å²) in [4.78, 5) is 12.2. The van der Waals surface area contributed by atoms with Crippen molar-refractivity contribution in [3.8, 4) is 5.75 Å². The van der Waals surface area contributed by atoms with Crippen molar-refractivity contribution < 1.29 is 13.9 Å². The third kappa shape index (κ3) is 5.12. The molecule has 0 fully saturated rings. The summed E-state index contributed by atoms with van der Waals surface area (Å²) < 4.78 is 12.3. The Morgan fingerprint density at radius 1 is 1.15 bits per heavy atom. The van der Waals surface area contributed by atoms with Crippen LogP contribution in [-0.2, 0) is 6.61 Å². The van der Waals surface area contributed by atoms with Gasteiger partial charge < -0.3 is 9.15 Å². The zero-order valence-electron chi connectivity index (χ0n) is 15.0. The van der Waals surface area contributed by atoms with E-state index in [0.29, 0.717) is 23.7 Å². The van der Waals surface area contributed by atoms with E-state index in [1.165, 1.54) is 6.08 Å². The van der Waals surface area contributed by atoms with Gasteiger partial charge in [-0.3, -0.25) is 4.79 Å². The molecule has 1 heterocycles. The monoisotopic (exact) mass is 444 g/mol. The van der Waals surface area contributed by atoms with E-state index in [1.807, 2.05) is 50.2 Å². The second kappa shape index (κ2) is 8.59. The van der Waals surface area contributed by atoms with E-state index in [4.69, 9.17) is 20.8 Å². The molecule has 0 atom stereocenters. The van der Waals surface area contributed by atoms with Crippen LogP contribution < -0.4 is 4.74 Å². The van der Waals surface area contributed by atoms with Gasteiger partial charge in [-0.1, -0.05) is 39.7 Å². The Morgan fingerprint density at radius 3 is 2.59 bits per heavy atom. The van der Waals surface area contributed by atoms with Gasteiger partial charge in [0.1, 0.15) is 23.9 Å². The maximum absolute atomic E-state index is 12.2. The number of hydrogen-bond donors (Lipinski definition) is 0. The first-order valence-electron chi connectivity index (χ1n) is 8.38. The molecule has 0 radical (unpaired) electrons. The first-order chi connectivity index (χ1) is 12.9. The minimum absolute atomic E-state index is 0.0855. The summed E-state index contributed by atoms with van der Waals surface area (Å²) in [6, 6.07) is 14.7. The van der Waals surface area contributed by atoms with Crippen LogP contribution in [0.3, 0.4) is 0 Å². The van der Waals surface area contributed by atoms with Crippen molar-refractivity contribution in [1.29, 1.82) is 0 Å². The minimum Gasteiger partial charge on any atom is -0.486 e. The van der Waals surface area contributed by atoms with Gasteiger partial charge in [-0.2, -0.15) is 0 Å². The SMILES string of the molecule is Cc1cc(OCc2ccc(/C=C/C(=O)c3cccc(Br)c3)o2)cc(C)c1Cl. The van der Waals surface area contributed by atoms with Gasteiger partial charge in [-0.15, -0.1) is 0 Å². The second-order valence-electron chi connectivity index (χ2n) is 6.17. The number of benzene rings is 2. The lowest BCUT2D eigenvalue weighted by Crippen LogP contribution is -1.95. The molecule has 2 aromatic carbocycles. The van der Waals surface area contributed by atoms with Crippen LogP contribution in [0.4, 0.5) is 0 Å². The quantitative estimate of drug-likeness (QED) is 0.310. The second-order valence-corrected chi connectivity index (χ2v) is 7.47. The first kappa shape index (κ1) is 19.5. The normalized spacial score (nSPS) is 11.1. The Kier molecular flexibility index (Phi) is 6.19. The van der Waals surface area contributed by atoms with Crippen LogP contribution >= 0.6 is 27.5 Å². The summed E-state index contributed by atoms with van der Waals surface area (Å²) in [5.41, 5.74) is 2.56. The molecule has 3 nitrogen and oxygen atoms in total. The number of hydrogen-bond acceptors (Lipinski definition) is 3. The predicted octanol–water partition coefficient (Wildman–Crippen LogP) is 6.79. The van der Waals surface area contributed by atoms with Crippen LogP contribution in [0.5, 0.6) is 5.75 Å². The highest BCUT2D eigenvalue weighted by Crippen LogP contribution is 2.26. The van der Waals surface area contributed by atoms with Gasteiger partial charge >= 0.3 is 0 Å². The lowest BCUT2D eigenvalue weighted by Gasteiger charge is -2.08. The Morgan fingerprint density at radius 2 is 1.89 bits per heavy atom. The predicted molar refractivity (Wildman–Crippen MR) is 111 cm³/mol. The maximum Gasteiger partial charge on any atom is 0.186 e. The van der Waals surface area contributed by atoms with Crippen LogP contribution in [0.2, 0.25) is 5.02 Å². The van der Waals surface area contributed by atoms with E-state index in [1.54, 1.807) is 18.2 Å². The molecule has 0 N–H and O–H groups in total. The van der Waals surface area contributed by atoms with Crippen LogP contribution in [0.25, 0.3) is 6.08 Å². The van der Waals surface area contributed by atoms with Crippen molar-refractivity contribution in [2.24, 2.45) is 0 Å². The summed E-state index contributed by atoms with van der Waals surface area (Å²) in [6.07, 6.45) is 3.15. The third-order valence-electron chi connectivity index (χ3n) is 3.98. The van der Waals surface area contributed by atoms with Gasteiger partial charge in [-0.25, -0.2) is 0 Å². The fraction of sp³-hybridized carbons (Fsp3) is 0.136. The number of carbonyl (C=O) groups is 1.